The molecule has 0 radical (unpaired) electrons. The van der Waals surface area contributed by atoms with E-state index < -0.39 is 0 Å². The molecule has 0 saturated heterocycles. The van der Waals surface area contributed by atoms with E-state index in [0.29, 0.717) is 12.6 Å². The van der Waals surface area contributed by atoms with Crippen molar-refractivity contribution in [1.29, 1.82) is 0 Å². The number of hydrogen-bond donors (Lipinski definition) is 3. The molecule has 4 nitrogen and oxygen atoms in total. The van der Waals surface area contributed by atoms with Gasteiger partial charge in [-0.2, -0.15) is 0 Å². The van der Waals surface area contributed by atoms with Crippen LogP contribution in [0.3, 0.4) is 0 Å². The number of nitrogens with two attached hydrogens (primary N) is 2. The van der Waals surface area contributed by atoms with Gasteiger partial charge < -0.3 is 16.8 Å². The predicted molar refractivity (Wildman–Crippen MR) is 95.3 cm³/mol. The number of benzene rings is 1. The molecule has 0 aliphatic heterocycles. The van der Waals surface area contributed by atoms with Gasteiger partial charge in [0.25, 0.3) is 0 Å². The van der Waals surface area contributed by atoms with Crippen molar-refractivity contribution in [3.63, 3.8) is 0 Å². The van der Waals surface area contributed by atoms with Crippen LogP contribution in [0.25, 0.3) is 0 Å². The van der Waals surface area contributed by atoms with Gasteiger partial charge in [0.2, 0.25) is 0 Å². The first kappa shape index (κ1) is 17.2. The lowest BCUT2D eigenvalue weighted by Crippen LogP contribution is -2.47. The highest BCUT2D eigenvalue weighted by Gasteiger charge is 2.34. The fourth-order valence-corrected chi connectivity index (χ4v) is 2.93. The monoisotopic (exact) mass is 388 g/mol. The molecule has 0 aromatic heterocycles. The van der Waals surface area contributed by atoms with E-state index in [-0.39, 0.29) is 35.5 Å². The van der Waals surface area contributed by atoms with E-state index in [9.17, 15) is 0 Å². The molecule has 0 spiro atoms. The molecule has 0 bridgehead atoms. The number of halogens is 1. The summed E-state index contributed by atoms with van der Waals surface area (Å²) in [6.45, 7) is 2.87. The summed E-state index contributed by atoms with van der Waals surface area (Å²) in [5, 5.41) is 3.75. The summed E-state index contributed by atoms with van der Waals surface area (Å²) >= 11 is 0. The zero-order chi connectivity index (χ0) is 13.7. The zero-order valence-corrected chi connectivity index (χ0v) is 14.3. The van der Waals surface area contributed by atoms with Gasteiger partial charge in [0, 0.05) is 11.6 Å². The van der Waals surface area contributed by atoms with Crippen molar-refractivity contribution in [2.24, 2.45) is 16.5 Å². The summed E-state index contributed by atoms with van der Waals surface area (Å²) in [4.78, 5) is 4.24. The first-order valence-electron chi connectivity index (χ1n) is 6.99. The average molecular weight is 388 g/mol. The third kappa shape index (κ3) is 4.63. The lowest BCUT2D eigenvalue weighted by Gasteiger charge is -2.32. The van der Waals surface area contributed by atoms with E-state index in [1.165, 1.54) is 18.4 Å². The number of aliphatic imine (C=N–C) groups is 1. The predicted octanol–water partition coefficient (Wildman–Crippen LogP) is 2.54. The van der Waals surface area contributed by atoms with Gasteiger partial charge in [-0.1, -0.05) is 43.2 Å². The zero-order valence-electron chi connectivity index (χ0n) is 12.0. The number of nitrogens with zero attached hydrogens (tertiary/aromatic N) is 1. The van der Waals surface area contributed by atoms with Crippen molar-refractivity contribution in [2.75, 3.05) is 6.54 Å². The van der Waals surface area contributed by atoms with Crippen LogP contribution < -0.4 is 16.8 Å². The minimum atomic E-state index is 0. The highest BCUT2D eigenvalue weighted by Crippen LogP contribution is 2.32. The van der Waals surface area contributed by atoms with E-state index in [0.717, 1.165) is 12.8 Å². The molecular formula is C15H25IN4. The van der Waals surface area contributed by atoms with Crippen molar-refractivity contribution in [1.82, 2.24) is 5.32 Å². The summed E-state index contributed by atoms with van der Waals surface area (Å²) in [6.07, 6.45) is 4.77. The van der Waals surface area contributed by atoms with Gasteiger partial charge in [-0.05, 0) is 25.3 Å². The maximum atomic E-state index is 5.47. The molecule has 1 aromatic rings. The van der Waals surface area contributed by atoms with Crippen LogP contribution in [0, 0.1) is 0 Å². The summed E-state index contributed by atoms with van der Waals surface area (Å²) in [6, 6.07) is 10.8. The highest BCUT2D eigenvalue weighted by atomic mass is 127. The second kappa shape index (κ2) is 7.83. The van der Waals surface area contributed by atoms with Gasteiger partial charge in [0.05, 0.1) is 6.54 Å². The first-order valence-corrected chi connectivity index (χ1v) is 6.99. The molecule has 5 heteroatoms. The van der Waals surface area contributed by atoms with Crippen molar-refractivity contribution < 1.29 is 0 Å². The first-order chi connectivity index (χ1) is 9.11. The Morgan fingerprint density at radius 1 is 1.25 bits per heavy atom. The molecule has 0 amide bonds. The van der Waals surface area contributed by atoms with Crippen molar-refractivity contribution >= 4 is 29.9 Å². The van der Waals surface area contributed by atoms with Crippen LogP contribution >= 0.6 is 24.0 Å². The summed E-state index contributed by atoms with van der Waals surface area (Å²) < 4.78 is 0. The Kier molecular flexibility index (Phi) is 6.75. The highest BCUT2D eigenvalue weighted by molar-refractivity contribution is 14.0. The molecule has 1 aromatic carbocycles. The van der Waals surface area contributed by atoms with Crippen molar-refractivity contribution in [3.8, 4) is 0 Å². The Labute approximate surface area is 138 Å². The molecule has 0 heterocycles. The Morgan fingerprint density at radius 3 is 2.40 bits per heavy atom. The molecule has 1 saturated carbocycles. The van der Waals surface area contributed by atoms with Crippen LogP contribution in [0.1, 0.15) is 44.2 Å². The Hall–Kier alpha value is -0.820. The lowest BCUT2D eigenvalue weighted by atomic mass is 9.95. The number of nitrogens with one attached hydrogen (secondary N) is 1. The molecular weight excluding hydrogens is 363 g/mol. The standard InChI is InChI=1S/C15H24N4.HI/c1-12(13-7-3-2-4-8-13)19-15(9-5-6-10-15)11-18-14(16)17;/h2-4,7-8,12,19H,5-6,9-11H2,1H3,(H4,16,17,18);1H. The van der Waals surface area contributed by atoms with Crippen LogP contribution in [0.15, 0.2) is 35.3 Å². The normalized spacial score (nSPS) is 18.1. The Balaban J connectivity index is 0.00000200. The number of guanidine groups is 1. The van der Waals surface area contributed by atoms with E-state index >= 15 is 0 Å². The summed E-state index contributed by atoms with van der Waals surface area (Å²) in [5.41, 5.74) is 12.3. The number of hydrogen-bond acceptors (Lipinski definition) is 2. The minimum Gasteiger partial charge on any atom is -0.370 e. The molecule has 1 unspecified atom stereocenters. The van der Waals surface area contributed by atoms with Crippen molar-refractivity contribution in [3.05, 3.63) is 35.9 Å². The molecule has 1 aliphatic carbocycles. The van der Waals surface area contributed by atoms with Crippen molar-refractivity contribution in [2.45, 2.75) is 44.2 Å². The van der Waals surface area contributed by atoms with Crippen LogP contribution in [-0.4, -0.2) is 18.0 Å². The Bertz CT molecular complexity index is 423. The van der Waals surface area contributed by atoms with E-state index in [1.807, 2.05) is 6.07 Å². The Morgan fingerprint density at radius 2 is 1.85 bits per heavy atom. The van der Waals surface area contributed by atoms with Gasteiger partial charge in [-0.15, -0.1) is 24.0 Å². The lowest BCUT2D eigenvalue weighted by molar-refractivity contribution is 0.308. The summed E-state index contributed by atoms with van der Waals surface area (Å²) in [7, 11) is 0. The number of rotatable bonds is 5. The third-order valence-corrected chi connectivity index (χ3v) is 3.95. The van der Waals surface area contributed by atoms with Crippen LogP contribution in [0.2, 0.25) is 0 Å². The molecule has 1 aliphatic rings. The SMILES string of the molecule is CC(NC1(CN=C(N)N)CCCC1)c1ccccc1.I. The van der Waals surface area contributed by atoms with Crippen LogP contribution in [-0.2, 0) is 0 Å². The maximum absolute atomic E-state index is 5.47. The largest absolute Gasteiger partial charge is 0.370 e. The molecule has 1 atom stereocenters. The summed E-state index contributed by atoms with van der Waals surface area (Å²) in [5.74, 6) is 0.181. The minimum absolute atomic E-state index is 0. The molecule has 2 rings (SSSR count). The molecule has 112 valence electrons. The topological polar surface area (TPSA) is 76.4 Å². The molecule has 20 heavy (non-hydrogen) atoms. The maximum Gasteiger partial charge on any atom is 0.185 e. The van der Waals surface area contributed by atoms with E-state index in [4.69, 9.17) is 11.5 Å². The van der Waals surface area contributed by atoms with E-state index in [1.54, 1.807) is 0 Å². The fourth-order valence-electron chi connectivity index (χ4n) is 2.93. The van der Waals surface area contributed by atoms with Gasteiger partial charge in [0.15, 0.2) is 5.96 Å². The fraction of sp³-hybridized carbons (Fsp3) is 0.533. The third-order valence-electron chi connectivity index (χ3n) is 3.95. The second-order valence-corrected chi connectivity index (χ2v) is 5.51. The molecule has 5 N–H and O–H groups in total. The van der Waals surface area contributed by atoms with Gasteiger partial charge in [0.1, 0.15) is 0 Å². The smallest absolute Gasteiger partial charge is 0.185 e. The quantitative estimate of drug-likeness (QED) is 0.412. The van der Waals surface area contributed by atoms with Crippen LogP contribution in [0.4, 0.5) is 0 Å². The van der Waals surface area contributed by atoms with Gasteiger partial charge >= 0.3 is 0 Å². The molecule has 1 fully saturated rings. The average Bonchev–Trinajstić information content (AvgIpc) is 2.86. The second-order valence-electron chi connectivity index (χ2n) is 5.51. The van der Waals surface area contributed by atoms with Crippen LogP contribution in [0.5, 0.6) is 0 Å². The van der Waals surface area contributed by atoms with Gasteiger partial charge in [-0.25, -0.2) is 0 Å². The van der Waals surface area contributed by atoms with Gasteiger partial charge in [-0.3, -0.25) is 4.99 Å². The van der Waals surface area contributed by atoms with E-state index in [2.05, 4.69) is 41.5 Å².